The molecule has 0 saturated heterocycles. The molecule has 0 atom stereocenters. The van der Waals surface area contributed by atoms with Crippen LogP contribution in [0.25, 0.3) is 10.9 Å². The maximum absolute atomic E-state index is 11.6. The molecule has 0 radical (unpaired) electrons. The van der Waals surface area contributed by atoms with Crippen molar-refractivity contribution in [1.82, 2.24) is 4.98 Å². The summed E-state index contributed by atoms with van der Waals surface area (Å²) in [6.07, 6.45) is 2.87. The molecule has 0 aliphatic heterocycles. The molecule has 1 N–H and O–H groups in total. The van der Waals surface area contributed by atoms with Gasteiger partial charge in [-0.2, -0.15) is 0 Å². The van der Waals surface area contributed by atoms with E-state index in [-0.39, 0.29) is 5.91 Å². The van der Waals surface area contributed by atoms with Gasteiger partial charge in [0.2, 0.25) is 5.91 Å². The number of amides is 1. The number of anilines is 1. The largest absolute Gasteiger partial charge is 0.325 e. The van der Waals surface area contributed by atoms with Crippen LogP contribution in [0.15, 0.2) is 36.5 Å². The number of aromatic nitrogens is 1. The molecule has 88 valence electrons. The maximum Gasteiger partial charge on any atom is 0.224 e. The topological polar surface area (TPSA) is 42.0 Å². The second-order valence-corrected chi connectivity index (χ2v) is 4.09. The molecule has 0 fully saturated rings. The summed E-state index contributed by atoms with van der Waals surface area (Å²) in [4.78, 5) is 15.9. The van der Waals surface area contributed by atoms with Crippen LogP contribution in [0.4, 0.5) is 5.69 Å². The maximum atomic E-state index is 11.6. The van der Waals surface area contributed by atoms with Gasteiger partial charge in [-0.25, -0.2) is 0 Å². The van der Waals surface area contributed by atoms with Crippen molar-refractivity contribution in [1.29, 1.82) is 0 Å². The number of hydrogen-bond donors (Lipinski definition) is 1. The lowest BCUT2D eigenvalue weighted by molar-refractivity contribution is -0.116. The Labute approximate surface area is 105 Å². The summed E-state index contributed by atoms with van der Waals surface area (Å²) in [5.74, 6) is 0.492. The quantitative estimate of drug-likeness (QED) is 0.845. The molecule has 1 aromatic carbocycles. The van der Waals surface area contributed by atoms with E-state index in [0.717, 1.165) is 16.6 Å². The predicted molar refractivity (Wildman–Crippen MR) is 70.3 cm³/mol. The first-order chi connectivity index (χ1) is 8.31. The molecular formula is C13H13ClN2O. The average Bonchev–Trinajstić information content (AvgIpc) is 2.37. The minimum absolute atomic E-state index is 0.0120. The third-order valence-corrected chi connectivity index (χ3v) is 2.72. The fraction of sp³-hybridized carbons (Fsp3) is 0.231. The predicted octanol–water partition coefficient (Wildman–Crippen LogP) is 3.19. The number of fused-ring (bicyclic) bond motifs is 1. The normalized spacial score (nSPS) is 10.4. The number of pyridine rings is 1. The Morgan fingerprint density at radius 3 is 3.00 bits per heavy atom. The third kappa shape index (κ3) is 2.94. The highest BCUT2D eigenvalue weighted by Crippen LogP contribution is 2.21. The Morgan fingerprint density at radius 1 is 1.29 bits per heavy atom. The Bertz CT molecular complexity index is 522. The van der Waals surface area contributed by atoms with Crippen LogP contribution in [-0.2, 0) is 4.79 Å². The van der Waals surface area contributed by atoms with E-state index in [4.69, 9.17) is 11.6 Å². The Hall–Kier alpha value is -1.61. The second-order valence-electron chi connectivity index (χ2n) is 3.72. The van der Waals surface area contributed by atoms with Gasteiger partial charge >= 0.3 is 0 Å². The summed E-state index contributed by atoms with van der Waals surface area (Å²) >= 11 is 5.55. The molecule has 0 aliphatic carbocycles. The fourth-order valence-corrected chi connectivity index (χ4v) is 1.79. The van der Waals surface area contributed by atoms with Crippen molar-refractivity contribution >= 4 is 34.1 Å². The molecule has 0 unspecified atom stereocenters. The Morgan fingerprint density at radius 2 is 2.18 bits per heavy atom. The molecule has 17 heavy (non-hydrogen) atoms. The van der Waals surface area contributed by atoms with Crippen LogP contribution in [0.5, 0.6) is 0 Å². The number of rotatable bonds is 4. The number of benzene rings is 1. The number of carbonyl (C=O) groups is 1. The van der Waals surface area contributed by atoms with Crippen LogP contribution in [0.2, 0.25) is 0 Å². The summed E-state index contributed by atoms with van der Waals surface area (Å²) in [5.41, 5.74) is 1.68. The van der Waals surface area contributed by atoms with Crippen LogP contribution in [0, 0.1) is 0 Å². The van der Waals surface area contributed by atoms with E-state index in [1.807, 2.05) is 30.3 Å². The molecule has 4 heteroatoms. The van der Waals surface area contributed by atoms with Crippen molar-refractivity contribution in [3.05, 3.63) is 36.5 Å². The molecule has 0 aliphatic rings. The minimum Gasteiger partial charge on any atom is -0.325 e. The molecule has 2 aromatic rings. The van der Waals surface area contributed by atoms with Gasteiger partial charge in [-0.05, 0) is 30.7 Å². The highest BCUT2D eigenvalue weighted by atomic mass is 35.5. The Balaban J connectivity index is 2.21. The van der Waals surface area contributed by atoms with Crippen LogP contribution >= 0.6 is 11.6 Å². The van der Waals surface area contributed by atoms with E-state index in [2.05, 4.69) is 10.3 Å². The lowest BCUT2D eigenvalue weighted by atomic mass is 10.2. The summed E-state index contributed by atoms with van der Waals surface area (Å²) < 4.78 is 0. The van der Waals surface area contributed by atoms with Crippen LogP contribution in [0.3, 0.4) is 0 Å². The molecule has 0 saturated carbocycles. The first kappa shape index (κ1) is 11.9. The Kier molecular flexibility index (Phi) is 3.94. The van der Waals surface area contributed by atoms with E-state index in [9.17, 15) is 4.79 Å². The summed E-state index contributed by atoms with van der Waals surface area (Å²) in [6.45, 7) is 0. The summed E-state index contributed by atoms with van der Waals surface area (Å²) in [6, 6.07) is 9.48. The third-order valence-electron chi connectivity index (χ3n) is 2.46. The number of nitrogens with one attached hydrogen (secondary N) is 1. The molecular weight excluding hydrogens is 236 g/mol. The monoisotopic (exact) mass is 248 g/mol. The average molecular weight is 249 g/mol. The molecule has 0 bridgehead atoms. The second kappa shape index (κ2) is 5.64. The van der Waals surface area contributed by atoms with Crippen LogP contribution in [0.1, 0.15) is 12.8 Å². The van der Waals surface area contributed by atoms with Crippen LogP contribution < -0.4 is 5.32 Å². The van der Waals surface area contributed by atoms with Crippen molar-refractivity contribution in [3.8, 4) is 0 Å². The number of nitrogens with zero attached hydrogens (tertiary/aromatic N) is 1. The van der Waals surface area contributed by atoms with Gasteiger partial charge in [0.25, 0.3) is 0 Å². The standard InChI is InChI=1S/C13H13ClN2O/c14-8-2-7-13(17)16-12-6-1-5-11-10(12)4-3-9-15-11/h1,3-6,9H,2,7-8H2,(H,16,17). The van der Waals surface area contributed by atoms with Gasteiger partial charge in [0.1, 0.15) is 0 Å². The molecule has 1 amide bonds. The summed E-state index contributed by atoms with van der Waals surface area (Å²) in [5, 5.41) is 3.84. The lowest BCUT2D eigenvalue weighted by Crippen LogP contribution is -2.11. The smallest absolute Gasteiger partial charge is 0.224 e. The molecule has 0 spiro atoms. The van der Waals surface area contributed by atoms with Crippen molar-refractivity contribution in [3.63, 3.8) is 0 Å². The number of alkyl halides is 1. The lowest BCUT2D eigenvalue weighted by Gasteiger charge is -2.07. The first-order valence-electron chi connectivity index (χ1n) is 5.51. The SMILES string of the molecule is O=C(CCCCl)Nc1cccc2ncccc12. The molecule has 3 nitrogen and oxygen atoms in total. The van der Waals surface area contributed by atoms with Crippen molar-refractivity contribution in [2.24, 2.45) is 0 Å². The zero-order valence-corrected chi connectivity index (χ0v) is 10.1. The van der Waals surface area contributed by atoms with Gasteiger partial charge in [-0.15, -0.1) is 11.6 Å². The highest BCUT2D eigenvalue weighted by Gasteiger charge is 2.05. The van der Waals surface area contributed by atoms with Gasteiger partial charge in [-0.3, -0.25) is 9.78 Å². The zero-order valence-electron chi connectivity index (χ0n) is 9.32. The number of hydrogen-bond acceptors (Lipinski definition) is 2. The zero-order chi connectivity index (χ0) is 12.1. The van der Waals surface area contributed by atoms with E-state index < -0.39 is 0 Å². The van der Waals surface area contributed by atoms with Gasteiger partial charge in [0.15, 0.2) is 0 Å². The van der Waals surface area contributed by atoms with Gasteiger partial charge in [0.05, 0.1) is 11.2 Å². The highest BCUT2D eigenvalue weighted by molar-refractivity contribution is 6.18. The van der Waals surface area contributed by atoms with Crippen molar-refractivity contribution < 1.29 is 4.79 Å². The molecule has 1 aromatic heterocycles. The van der Waals surface area contributed by atoms with Gasteiger partial charge in [0, 0.05) is 23.9 Å². The number of carbonyl (C=O) groups excluding carboxylic acids is 1. The van der Waals surface area contributed by atoms with E-state index >= 15 is 0 Å². The molecule has 2 rings (SSSR count). The van der Waals surface area contributed by atoms with Gasteiger partial charge in [-0.1, -0.05) is 6.07 Å². The fourth-order valence-electron chi connectivity index (χ4n) is 1.65. The van der Waals surface area contributed by atoms with E-state index in [0.29, 0.717) is 18.7 Å². The van der Waals surface area contributed by atoms with E-state index in [1.54, 1.807) is 6.20 Å². The molecule has 1 heterocycles. The van der Waals surface area contributed by atoms with Crippen molar-refractivity contribution in [2.75, 3.05) is 11.2 Å². The van der Waals surface area contributed by atoms with E-state index in [1.165, 1.54) is 0 Å². The summed E-state index contributed by atoms with van der Waals surface area (Å²) in [7, 11) is 0. The first-order valence-corrected chi connectivity index (χ1v) is 6.04. The van der Waals surface area contributed by atoms with Crippen LogP contribution in [-0.4, -0.2) is 16.8 Å². The number of halogens is 1. The minimum atomic E-state index is -0.0120. The van der Waals surface area contributed by atoms with Gasteiger partial charge < -0.3 is 5.32 Å². The van der Waals surface area contributed by atoms with Crippen molar-refractivity contribution in [2.45, 2.75) is 12.8 Å².